The monoisotopic (exact) mass is 432 g/mol. The molecule has 5 nitrogen and oxygen atoms in total. The lowest BCUT2D eigenvalue weighted by Gasteiger charge is -2.22. The van der Waals surface area contributed by atoms with Crippen LogP contribution in [0, 0.1) is 0 Å². The largest absolute Gasteiger partial charge is 0.493 e. The van der Waals surface area contributed by atoms with Crippen LogP contribution in [0.2, 0.25) is 0 Å². The second kappa shape index (κ2) is 12.5. The van der Waals surface area contributed by atoms with Gasteiger partial charge in [0.2, 0.25) is 0 Å². The summed E-state index contributed by atoms with van der Waals surface area (Å²) in [5, 5.41) is 0. The van der Waals surface area contributed by atoms with Gasteiger partial charge in [0.25, 0.3) is 0 Å². The lowest BCUT2D eigenvalue weighted by Crippen LogP contribution is -2.33. The molecule has 0 radical (unpaired) electrons. The summed E-state index contributed by atoms with van der Waals surface area (Å²) in [6, 6.07) is 26.0. The molecule has 1 amide bonds. The molecule has 32 heavy (non-hydrogen) atoms. The van der Waals surface area contributed by atoms with Crippen molar-refractivity contribution in [1.29, 1.82) is 0 Å². The van der Waals surface area contributed by atoms with Crippen molar-refractivity contribution < 1.29 is 14.3 Å². The van der Waals surface area contributed by atoms with Gasteiger partial charge in [0.15, 0.2) is 0 Å². The minimum absolute atomic E-state index is 0.280. The smallest absolute Gasteiger partial charge is 0.410 e. The summed E-state index contributed by atoms with van der Waals surface area (Å²) >= 11 is 0. The van der Waals surface area contributed by atoms with Crippen LogP contribution >= 0.6 is 0 Å². The van der Waals surface area contributed by atoms with Gasteiger partial charge >= 0.3 is 6.09 Å². The molecule has 2 N–H and O–H groups in total. The van der Waals surface area contributed by atoms with E-state index in [1.54, 1.807) is 4.90 Å². The second-order valence-corrected chi connectivity index (χ2v) is 7.63. The highest BCUT2D eigenvalue weighted by molar-refractivity contribution is 5.71. The number of rotatable bonds is 11. The Bertz CT molecular complexity index is 961. The van der Waals surface area contributed by atoms with Crippen LogP contribution in [0.4, 0.5) is 4.79 Å². The number of hydrogen-bond donors (Lipinski definition) is 1. The van der Waals surface area contributed by atoms with Crippen LogP contribution in [0.15, 0.2) is 78.9 Å². The molecule has 0 atom stereocenters. The molecule has 0 saturated carbocycles. The van der Waals surface area contributed by atoms with Crippen molar-refractivity contribution in [2.24, 2.45) is 5.73 Å². The lowest BCUT2D eigenvalue weighted by atomic mass is 10.0. The van der Waals surface area contributed by atoms with E-state index in [4.69, 9.17) is 15.2 Å². The molecule has 168 valence electrons. The zero-order valence-corrected chi connectivity index (χ0v) is 18.7. The Hall–Kier alpha value is -3.31. The van der Waals surface area contributed by atoms with Crippen LogP contribution in [0.25, 0.3) is 11.1 Å². The molecule has 0 unspecified atom stereocenters. The van der Waals surface area contributed by atoms with E-state index in [2.05, 4.69) is 25.1 Å². The number of nitrogens with two attached hydrogens (primary N) is 1. The normalized spacial score (nSPS) is 10.6. The van der Waals surface area contributed by atoms with Crippen LogP contribution in [0.1, 0.15) is 30.9 Å². The second-order valence-electron chi connectivity index (χ2n) is 7.63. The van der Waals surface area contributed by atoms with Gasteiger partial charge in [0.1, 0.15) is 12.4 Å². The molecule has 3 aromatic rings. The van der Waals surface area contributed by atoms with Gasteiger partial charge in [-0.1, -0.05) is 79.7 Å². The maximum absolute atomic E-state index is 12.5. The number of ether oxygens (including phenoxy) is 2. The molecule has 0 spiro atoms. The van der Waals surface area contributed by atoms with E-state index in [9.17, 15) is 4.79 Å². The molecule has 3 aromatic carbocycles. The fraction of sp³-hybridized carbons (Fsp3) is 0.296. The predicted octanol–water partition coefficient (Wildman–Crippen LogP) is 5.63. The fourth-order valence-corrected chi connectivity index (χ4v) is 3.48. The maximum Gasteiger partial charge on any atom is 0.410 e. The number of amides is 1. The van der Waals surface area contributed by atoms with E-state index in [1.165, 1.54) is 0 Å². The predicted molar refractivity (Wildman–Crippen MR) is 128 cm³/mol. The van der Waals surface area contributed by atoms with Gasteiger partial charge in [-0.3, -0.25) is 0 Å². The zero-order valence-electron chi connectivity index (χ0n) is 18.7. The molecule has 0 bridgehead atoms. The molecule has 0 aromatic heterocycles. The van der Waals surface area contributed by atoms with Crippen LogP contribution in [0.5, 0.6) is 5.75 Å². The highest BCUT2D eigenvalue weighted by Gasteiger charge is 2.14. The SMILES string of the molecule is CCCN(CCCOc1cc(CN)ccc1-c1ccccc1)C(=O)OCc1ccccc1. The van der Waals surface area contributed by atoms with Crippen molar-refractivity contribution >= 4 is 6.09 Å². The maximum atomic E-state index is 12.5. The number of benzene rings is 3. The molecule has 0 aliphatic heterocycles. The number of carbonyl (C=O) groups excluding carboxylic acids is 1. The summed E-state index contributed by atoms with van der Waals surface area (Å²) in [5.74, 6) is 0.813. The van der Waals surface area contributed by atoms with Gasteiger partial charge in [-0.15, -0.1) is 0 Å². The first-order valence-corrected chi connectivity index (χ1v) is 11.2. The molecule has 0 heterocycles. The first kappa shape index (κ1) is 23.4. The Labute approximate surface area is 190 Å². The highest BCUT2D eigenvalue weighted by atomic mass is 16.6. The topological polar surface area (TPSA) is 64.8 Å². The zero-order chi connectivity index (χ0) is 22.6. The molecule has 0 aliphatic rings. The number of hydrogen-bond acceptors (Lipinski definition) is 4. The van der Waals surface area contributed by atoms with E-state index in [-0.39, 0.29) is 12.7 Å². The third kappa shape index (κ3) is 6.86. The molecular weight excluding hydrogens is 400 g/mol. The van der Waals surface area contributed by atoms with Crippen LogP contribution < -0.4 is 10.5 Å². The van der Waals surface area contributed by atoms with Crippen molar-refractivity contribution in [3.05, 3.63) is 90.0 Å². The van der Waals surface area contributed by atoms with Gasteiger partial charge in [-0.25, -0.2) is 4.79 Å². The van der Waals surface area contributed by atoms with Gasteiger partial charge < -0.3 is 20.1 Å². The molecule has 0 saturated heterocycles. The van der Waals surface area contributed by atoms with Gasteiger partial charge in [-0.05, 0) is 35.6 Å². The molecular formula is C27H32N2O3. The third-order valence-corrected chi connectivity index (χ3v) is 5.15. The van der Waals surface area contributed by atoms with Gasteiger partial charge in [0, 0.05) is 25.2 Å². The van der Waals surface area contributed by atoms with Gasteiger partial charge in [-0.2, -0.15) is 0 Å². The minimum Gasteiger partial charge on any atom is -0.493 e. The third-order valence-electron chi connectivity index (χ3n) is 5.15. The fourth-order valence-electron chi connectivity index (χ4n) is 3.48. The number of carbonyl (C=O) groups is 1. The highest BCUT2D eigenvalue weighted by Crippen LogP contribution is 2.31. The van der Waals surface area contributed by atoms with Crippen molar-refractivity contribution in [3.8, 4) is 16.9 Å². The Kier molecular flexibility index (Phi) is 9.14. The van der Waals surface area contributed by atoms with E-state index < -0.39 is 0 Å². The van der Waals surface area contributed by atoms with E-state index in [1.807, 2.05) is 60.7 Å². The van der Waals surface area contributed by atoms with Gasteiger partial charge in [0.05, 0.1) is 6.61 Å². The first-order chi connectivity index (χ1) is 15.7. The van der Waals surface area contributed by atoms with Crippen molar-refractivity contribution in [3.63, 3.8) is 0 Å². The Morgan fingerprint density at radius 1 is 0.906 bits per heavy atom. The molecule has 5 heteroatoms. The van der Waals surface area contributed by atoms with E-state index >= 15 is 0 Å². The van der Waals surface area contributed by atoms with Crippen LogP contribution in [0.3, 0.4) is 0 Å². The summed E-state index contributed by atoms with van der Waals surface area (Å²) in [7, 11) is 0. The van der Waals surface area contributed by atoms with Crippen LogP contribution in [-0.2, 0) is 17.9 Å². The quantitative estimate of drug-likeness (QED) is 0.399. The Morgan fingerprint density at radius 2 is 1.62 bits per heavy atom. The lowest BCUT2D eigenvalue weighted by molar-refractivity contribution is 0.0940. The first-order valence-electron chi connectivity index (χ1n) is 11.2. The summed E-state index contributed by atoms with van der Waals surface area (Å²) < 4.78 is 11.6. The summed E-state index contributed by atoms with van der Waals surface area (Å²) in [4.78, 5) is 14.3. The standard InChI is InChI=1S/C27H32N2O3/c1-2-16-29(27(30)32-21-22-10-5-3-6-11-22)17-9-18-31-26-19-23(20-28)14-15-25(26)24-12-7-4-8-13-24/h3-8,10-15,19H,2,9,16-18,20-21,28H2,1H3. The van der Waals surface area contributed by atoms with Crippen molar-refractivity contribution in [2.45, 2.75) is 32.9 Å². The summed E-state index contributed by atoms with van der Waals surface area (Å²) in [6.07, 6.45) is 1.30. The van der Waals surface area contributed by atoms with E-state index in [0.717, 1.165) is 34.4 Å². The van der Waals surface area contributed by atoms with Crippen molar-refractivity contribution in [2.75, 3.05) is 19.7 Å². The average Bonchev–Trinajstić information content (AvgIpc) is 2.85. The minimum atomic E-state index is -0.286. The summed E-state index contributed by atoms with van der Waals surface area (Å²) in [5.41, 5.74) is 9.97. The summed E-state index contributed by atoms with van der Waals surface area (Å²) in [6.45, 7) is 4.54. The van der Waals surface area contributed by atoms with E-state index in [0.29, 0.717) is 32.7 Å². The molecule has 0 fully saturated rings. The number of nitrogens with zero attached hydrogens (tertiary/aromatic N) is 1. The Morgan fingerprint density at radius 3 is 2.31 bits per heavy atom. The molecule has 3 rings (SSSR count). The Balaban J connectivity index is 1.56. The van der Waals surface area contributed by atoms with Crippen LogP contribution in [-0.4, -0.2) is 30.7 Å². The molecule has 0 aliphatic carbocycles. The van der Waals surface area contributed by atoms with Crippen molar-refractivity contribution in [1.82, 2.24) is 4.90 Å². The average molecular weight is 433 g/mol.